The van der Waals surface area contributed by atoms with Gasteiger partial charge in [0.15, 0.2) is 5.13 Å². The maximum Gasteiger partial charge on any atom is 0.269 e. The average Bonchev–Trinajstić information content (AvgIpc) is 2.97. The fourth-order valence-electron chi connectivity index (χ4n) is 1.99. The summed E-state index contributed by atoms with van der Waals surface area (Å²) in [5.41, 5.74) is 1.51. The molecule has 0 saturated heterocycles. The van der Waals surface area contributed by atoms with Crippen LogP contribution in [0.25, 0.3) is 16.3 Å². The van der Waals surface area contributed by atoms with Gasteiger partial charge in [-0.1, -0.05) is 17.4 Å². The minimum absolute atomic E-state index is 0.0108. The number of rotatable bonds is 4. The van der Waals surface area contributed by atoms with Gasteiger partial charge in [-0.2, -0.15) is 0 Å². The van der Waals surface area contributed by atoms with Crippen LogP contribution in [0.2, 0.25) is 0 Å². The standard InChI is InChI=1S/C16H10BrN3O3S/c17-12-2-1-3-13-15(12)19-16(24-13)18-14(21)9-6-10-4-7-11(8-5-10)20(22)23/h1-9H,(H,18,19,21)/b9-6-. The van der Waals surface area contributed by atoms with Gasteiger partial charge >= 0.3 is 0 Å². The first-order valence-corrected chi connectivity index (χ1v) is 8.42. The average molecular weight is 404 g/mol. The van der Waals surface area contributed by atoms with Gasteiger partial charge in [-0.15, -0.1) is 0 Å². The van der Waals surface area contributed by atoms with Crippen molar-refractivity contribution in [3.8, 4) is 0 Å². The molecule has 120 valence electrons. The number of carbonyl (C=O) groups is 1. The van der Waals surface area contributed by atoms with Crippen molar-refractivity contribution in [3.05, 3.63) is 68.7 Å². The number of para-hydroxylation sites is 1. The number of fused-ring (bicyclic) bond motifs is 1. The van der Waals surface area contributed by atoms with Crippen LogP contribution >= 0.6 is 27.3 Å². The largest absolute Gasteiger partial charge is 0.298 e. The summed E-state index contributed by atoms with van der Waals surface area (Å²) >= 11 is 4.81. The molecule has 24 heavy (non-hydrogen) atoms. The quantitative estimate of drug-likeness (QED) is 0.391. The van der Waals surface area contributed by atoms with E-state index >= 15 is 0 Å². The van der Waals surface area contributed by atoms with E-state index in [0.29, 0.717) is 10.7 Å². The molecule has 0 aliphatic rings. The van der Waals surface area contributed by atoms with E-state index in [1.807, 2.05) is 18.2 Å². The van der Waals surface area contributed by atoms with Gasteiger partial charge in [0.2, 0.25) is 5.91 Å². The number of anilines is 1. The molecule has 8 heteroatoms. The lowest BCUT2D eigenvalue weighted by Crippen LogP contribution is -2.07. The lowest BCUT2D eigenvalue weighted by molar-refractivity contribution is -0.384. The molecule has 0 atom stereocenters. The van der Waals surface area contributed by atoms with Gasteiger partial charge in [0, 0.05) is 22.7 Å². The van der Waals surface area contributed by atoms with Gasteiger partial charge in [0.1, 0.15) is 0 Å². The fraction of sp³-hybridized carbons (Fsp3) is 0. The van der Waals surface area contributed by atoms with Crippen molar-refractivity contribution < 1.29 is 9.72 Å². The van der Waals surface area contributed by atoms with Crippen LogP contribution in [0.1, 0.15) is 5.56 Å². The zero-order valence-electron chi connectivity index (χ0n) is 12.1. The summed E-state index contributed by atoms with van der Waals surface area (Å²) in [7, 11) is 0. The Bertz CT molecular complexity index is 951. The first-order chi connectivity index (χ1) is 11.5. The van der Waals surface area contributed by atoms with Gasteiger partial charge in [-0.3, -0.25) is 20.2 Å². The Kier molecular flexibility index (Phi) is 4.68. The highest BCUT2D eigenvalue weighted by molar-refractivity contribution is 9.10. The van der Waals surface area contributed by atoms with Gasteiger partial charge in [-0.25, -0.2) is 4.98 Å². The summed E-state index contributed by atoms with van der Waals surface area (Å²) in [5, 5.41) is 13.8. The highest BCUT2D eigenvalue weighted by atomic mass is 79.9. The molecule has 1 heterocycles. The summed E-state index contributed by atoms with van der Waals surface area (Å²) in [6.07, 6.45) is 2.95. The number of carbonyl (C=O) groups excluding carboxylic acids is 1. The fourth-order valence-corrected chi connectivity index (χ4v) is 3.48. The summed E-state index contributed by atoms with van der Waals surface area (Å²) in [6, 6.07) is 11.7. The van der Waals surface area contributed by atoms with Crippen LogP contribution in [0.15, 0.2) is 53.0 Å². The zero-order valence-corrected chi connectivity index (χ0v) is 14.5. The summed E-state index contributed by atoms with van der Waals surface area (Å²) in [4.78, 5) is 26.5. The van der Waals surface area contributed by atoms with E-state index in [9.17, 15) is 14.9 Å². The molecule has 0 aliphatic heterocycles. The predicted octanol–water partition coefficient (Wildman–Crippen LogP) is 4.62. The molecular weight excluding hydrogens is 394 g/mol. The Labute approximate surface area is 149 Å². The molecule has 0 unspecified atom stereocenters. The smallest absolute Gasteiger partial charge is 0.269 e. The maximum atomic E-state index is 12.0. The molecule has 0 radical (unpaired) electrons. The van der Waals surface area contributed by atoms with Crippen molar-refractivity contribution in [2.45, 2.75) is 0 Å². The molecule has 1 aromatic heterocycles. The Hall–Kier alpha value is -2.58. The van der Waals surface area contributed by atoms with E-state index in [4.69, 9.17) is 0 Å². The first-order valence-electron chi connectivity index (χ1n) is 6.81. The van der Waals surface area contributed by atoms with E-state index in [-0.39, 0.29) is 11.6 Å². The van der Waals surface area contributed by atoms with E-state index in [0.717, 1.165) is 14.7 Å². The van der Waals surface area contributed by atoms with Crippen molar-refractivity contribution in [3.63, 3.8) is 0 Å². The molecule has 0 aliphatic carbocycles. The monoisotopic (exact) mass is 403 g/mol. The third kappa shape index (κ3) is 3.66. The lowest BCUT2D eigenvalue weighted by atomic mass is 10.2. The van der Waals surface area contributed by atoms with Crippen LogP contribution in [0.4, 0.5) is 10.8 Å². The number of nitro groups is 1. The number of amides is 1. The highest BCUT2D eigenvalue weighted by Gasteiger charge is 2.08. The Morgan fingerprint density at radius 3 is 2.67 bits per heavy atom. The number of benzene rings is 2. The van der Waals surface area contributed by atoms with Gasteiger partial charge in [0.25, 0.3) is 5.69 Å². The number of nitrogens with one attached hydrogen (secondary N) is 1. The summed E-state index contributed by atoms with van der Waals surface area (Å²) in [6.45, 7) is 0. The number of thiazole rings is 1. The molecule has 0 bridgehead atoms. The van der Waals surface area contributed by atoms with Crippen LogP contribution in [-0.2, 0) is 4.79 Å². The second-order valence-electron chi connectivity index (χ2n) is 4.78. The van der Waals surface area contributed by atoms with E-state index in [1.54, 1.807) is 18.2 Å². The van der Waals surface area contributed by atoms with Crippen LogP contribution in [0.3, 0.4) is 0 Å². The Morgan fingerprint density at radius 1 is 1.25 bits per heavy atom. The van der Waals surface area contributed by atoms with Crippen molar-refractivity contribution in [1.29, 1.82) is 0 Å². The molecule has 0 fully saturated rings. The van der Waals surface area contributed by atoms with E-state index < -0.39 is 4.92 Å². The minimum atomic E-state index is -0.467. The number of hydrogen-bond donors (Lipinski definition) is 1. The molecule has 1 N–H and O–H groups in total. The molecule has 0 spiro atoms. The third-order valence-corrected chi connectivity index (χ3v) is 4.71. The van der Waals surface area contributed by atoms with Crippen LogP contribution in [0, 0.1) is 10.1 Å². The molecule has 3 rings (SSSR count). The number of halogens is 1. The minimum Gasteiger partial charge on any atom is -0.298 e. The Morgan fingerprint density at radius 2 is 2.00 bits per heavy atom. The number of nitro benzene ring substituents is 1. The van der Waals surface area contributed by atoms with E-state index in [2.05, 4.69) is 26.2 Å². The lowest BCUT2D eigenvalue weighted by Gasteiger charge is -1.96. The number of non-ortho nitro benzene ring substituents is 1. The summed E-state index contributed by atoms with van der Waals surface area (Å²) < 4.78 is 1.84. The molecule has 6 nitrogen and oxygen atoms in total. The van der Waals surface area contributed by atoms with Crippen molar-refractivity contribution in [1.82, 2.24) is 4.98 Å². The van der Waals surface area contributed by atoms with E-state index in [1.165, 1.54) is 29.5 Å². The Balaban J connectivity index is 1.70. The second kappa shape index (κ2) is 6.90. The summed E-state index contributed by atoms with van der Waals surface area (Å²) in [5.74, 6) is -0.316. The molecule has 1 amide bonds. The van der Waals surface area contributed by atoms with Gasteiger partial charge in [-0.05, 0) is 51.8 Å². The van der Waals surface area contributed by atoms with Crippen molar-refractivity contribution in [2.75, 3.05) is 5.32 Å². The first kappa shape index (κ1) is 16.3. The predicted molar refractivity (Wildman–Crippen MR) is 98.1 cm³/mol. The van der Waals surface area contributed by atoms with Crippen LogP contribution in [0.5, 0.6) is 0 Å². The van der Waals surface area contributed by atoms with Gasteiger partial charge in [0.05, 0.1) is 15.1 Å². The van der Waals surface area contributed by atoms with Crippen LogP contribution in [-0.4, -0.2) is 15.8 Å². The SMILES string of the molecule is O=C(/C=C\c1ccc([N+](=O)[O-])cc1)Nc1nc2c(Br)cccc2s1. The molecule has 3 aromatic rings. The topological polar surface area (TPSA) is 85.1 Å². The van der Waals surface area contributed by atoms with Gasteiger partial charge < -0.3 is 0 Å². The zero-order chi connectivity index (χ0) is 17.1. The molecular formula is C16H10BrN3O3S. The highest BCUT2D eigenvalue weighted by Crippen LogP contribution is 2.30. The molecule has 0 saturated carbocycles. The maximum absolute atomic E-state index is 12.0. The number of nitrogens with zero attached hydrogens (tertiary/aromatic N) is 2. The number of hydrogen-bond acceptors (Lipinski definition) is 5. The van der Waals surface area contributed by atoms with Crippen molar-refractivity contribution >= 4 is 60.3 Å². The number of aromatic nitrogens is 1. The third-order valence-electron chi connectivity index (χ3n) is 3.13. The normalized spacial score (nSPS) is 11.0. The molecule has 2 aromatic carbocycles. The van der Waals surface area contributed by atoms with Crippen LogP contribution < -0.4 is 5.32 Å². The second-order valence-corrected chi connectivity index (χ2v) is 6.66. The van der Waals surface area contributed by atoms with Crippen molar-refractivity contribution in [2.24, 2.45) is 0 Å².